The van der Waals surface area contributed by atoms with E-state index in [-0.39, 0.29) is 11.1 Å². The predicted molar refractivity (Wildman–Crippen MR) is 87.1 cm³/mol. The zero-order valence-corrected chi connectivity index (χ0v) is 13.6. The molecule has 0 N–H and O–H groups in total. The number of hydrogen-bond acceptors (Lipinski definition) is 3. The van der Waals surface area contributed by atoms with E-state index in [2.05, 4.69) is 15.9 Å². The van der Waals surface area contributed by atoms with Crippen molar-refractivity contribution in [1.82, 2.24) is 0 Å². The molecule has 2 rings (SSSR count). The normalized spacial score (nSPS) is 11.0. The maximum absolute atomic E-state index is 13.9. The molecule has 0 aliphatic heterocycles. The predicted octanol–water partition coefficient (Wildman–Crippen LogP) is 4.67. The standard InChI is InChI=1S/C17H13BrFNO2/c1-21-16-9-17(22-2)14(18)8-11(16)7-12(10-20)13-5-3-4-6-15(13)19/h3-9H,1-2H3/b12-7+. The van der Waals surface area contributed by atoms with Crippen LogP contribution in [-0.2, 0) is 0 Å². The van der Waals surface area contributed by atoms with Crippen LogP contribution in [0, 0.1) is 17.1 Å². The topological polar surface area (TPSA) is 42.2 Å². The Morgan fingerprint density at radius 3 is 2.45 bits per heavy atom. The maximum atomic E-state index is 13.9. The van der Waals surface area contributed by atoms with Crippen molar-refractivity contribution in [3.8, 4) is 17.6 Å². The molecule has 0 unspecified atom stereocenters. The Morgan fingerprint density at radius 1 is 1.18 bits per heavy atom. The number of nitriles is 1. The van der Waals surface area contributed by atoms with Crippen LogP contribution in [0.25, 0.3) is 11.6 Å². The molecule has 0 amide bonds. The average molecular weight is 362 g/mol. The monoisotopic (exact) mass is 361 g/mol. The van der Waals surface area contributed by atoms with Crippen LogP contribution in [0.2, 0.25) is 0 Å². The van der Waals surface area contributed by atoms with Crippen molar-refractivity contribution < 1.29 is 13.9 Å². The lowest BCUT2D eigenvalue weighted by Crippen LogP contribution is -1.93. The van der Waals surface area contributed by atoms with E-state index in [1.165, 1.54) is 13.2 Å². The number of benzene rings is 2. The first-order valence-corrected chi connectivity index (χ1v) is 7.18. The molecule has 112 valence electrons. The third-order valence-corrected chi connectivity index (χ3v) is 3.71. The zero-order valence-electron chi connectivity index (χ0n) is 12.1. The molecule has 0 aromatic heterocycles. The van der Waals surface area contributed by atoms with E-state index in [0.29, 0.717) is 21.5 Å². The van der Waals surface area contributed by atoms with Gasteiger partial charge in [-0.25, -0.2) is 4.39 Å². The summed E-state index contributed by atoms with van der Waals surface area (Å²) in [4.78, 5) is 0. The Kier molecular flexibility index (Phi) is 5.18. The fourth-order valence-corrected chi connectivity index (χ4v) is 2.52. The SMILES string of the molecule is COc1cc(OC)c(/C=C(\C#N)c2ccccc2F)cc1Br. The molecule has 22 heavy (non-hydrogen) atoms. The second-order valence-corrected chi connectivity index (χ2v) is 5.23. The van der Waals surface area contributed by atoms with Crippen molar-refractivity contribution in [3.63, 3.8) is 0 Å². The Balaban J connectivity index is 2.58. The van der Waals surface area contributed by atoms with E-state index in [9.17, 15) is 9.65 Å². The molecule has 0 heterocycles. The molecule has 0 aliphatic carbocycles. The van der Waals surface area contributed by atoms with Crippen LogP contribution in [0.4, 0.5) is 4.39 Å². The lowest BCUT2D eigenvalue weighted by Gasteiger charge is -2.10. The highest BCUT2D eigenvalue weighted by molar-refractivity contribution is 9.10. The highest BCUT2D eigenvalue weighted by Crippen LogP contribution is 2.35. The second-order valence-electron chi connectivity index (χ2n) is 4.38. The molecule has 0 spiro atoms. The van der Waals surface area contributed by atoms with Crippen LogP contribution in [0.5, 0.6) is 11.5 Å². The number of hydrogen-bond donors (Lipinski definition) is 0. The Labute approximate surface area is 136 Å². The highest BCUT2D eigenvalue weighted by atomic mass is 79.9. The quantitative estimate of drug-likeness (QED) is 0.586. The molecule has 0 saturated carbocycles. The molecule has 0 radical (unpaired) electrons. The third-order valence-electron chi connectivity index (χ3n) is 3.09. The number of nitrogens with zero attached hydrogens (tertiary/aromatic N) is 1. The number of methoxy groups -OCH3 is 2. The van der Waals surface area contributed by atoms with Crippen molar-refractivity contribution in [2.45, 2.75) is 0 Å². The molecular formula is C17H13BrFNO2. The molecule has 3 nitrogen and oxygen atoms in total. The Hall–Kier alpha value is -2.32. The molecule has 2 aromatic carbocycles. The molecule has 0 fully saturated rings. The van der Waals surface area contributed by atoms with Crippen LogP contribution in [0.3, 0.4) is 0 Å². The van der Waals surface area contributed by atoms with Gasteiger partial charge in [0.1, 0.15) is 17.3 Å². The fourth-order valence-electron chi connectivity index (χ4n) is 2.00. The third kappa shape index (κ3) is 3.29. The number of rotatable bonds is 4. The molecule has 0 aliphatic rings. The summed E-state index contributed by atoms with van der Waals surface area (Å²) in [6, 6.07) is 11.6. The van der Waals surface area contributed by atoms with E-state index in [0.717, 1.165) is 0 Å². The van der Waals surface area contributed by atoms with Gasteiger partial charge in [0.15, 0.2) is 0 Å². The van der Waals surface area contributed by atoms with Crippen LogP contribution < -0.4 is 9.47 Å². The summed E-state index contributed by atoms with van der Waals surface area (Å²) in [5, 5.41) is 9.34. The van der Waals surface area contributed by atoms with E-state index in [1.54, 1.807) is 43.5 Å². The number of halogens is 2. The minimum Gasteiger partial charge on any atom is -0.496 e. The van der Waals surface area contributed by atoms with Gasteiger partial charge >= 0.3 is 0 Å². The number of ether oxygens (including phenoxy) is 2. The van der Waals surface area contributed by atoms with E-state index >= 15 is 0 Å². The molecular weight excluding hydrogens is 349 g/mol. The van der Waals surface area contributed by atoms with Crippen LogP contribution in [0.1, 0.15) is 11.1 Å². The summed E-state index contributed by atoms with van der Waals surface area (Å²) in [5.41, 5.74) is 1.11. The van der Waals surface area contributed by atoms with Crippen LogP contribution in [0.15, 0.2) is 40.9 Å². The van der Waals surface area contributed by atoms with Crippen molar-refractivity contribution in [1.29, 1.82) is 5.26 Å². The molecule has 2 aromatic rings. The minimum atomic E-state index is -0.443. The van der Waals surface area contributed by atoms with Gasteiger partial charge in [0, 0.05) is 17.2 Å². The molecule has 0 atom stereocenters. The van der Waals surface area contributed by atoms with Gasteiger partial charge in [0.25, 0.3) is 0 Å². The van der Waals surface area contributed by atoms with E-state index in [4.69, 9.17) is 9.47 Å². The first-order valence-electron chi connectivity index (χ1n) is 6.39. The fraction of sp³-hybridized carbons (Fsp3) is 0.118. The summed E-state index contributed by atoms with van der Waals surface area (Å²) in [7, 11) is 3.07. The smallest absolute Gasteiger partial charge is 0.136 e. The molecule has 0 saturated heterocycles. The van der Waals surface area contributed by atoms with Crippen molar-refractivity contribution in [2.75, 3.05) is 14.2 Å². The maximum Gasteiger partial charge on any atom is 0.136 e. The lowest BCUT2D eigenvalue weighted by atomic mass is 10.0. The van der Waals surface area contributed by atoms with Crippen molar-refractivity contribution in [2.24, 2.45) is 0 Å². The van der Waals surface area contributed by atoms with Gasteiger partial charge in [0.2, 0.25) is 0 Å². The minimum absolute atomic E-state index is 0.216. The summed E-state index contributed by atoms with van der Waals surface area (Å²) < 4.78 is 25.1. The largest absolute Gasteiger partial charge is 0.496 e. The van der Waals surface area contributed by atoms with Gasteiger partial charge in [-0.3, -0.25) is 0 Å². The average Bonchev–Trinajstić information content (AvgIpc) is 2.53. The molecule has 5 heteroatoms. The van der Waals surface area contributed by atoms with Crippen LogP contribution in [-0.4, -0.2) is 14.2 Å². The van der Waals surface area contributed by atoms with Gasteiger partial charge in [-0.05, 0) is 34.1 Å². The Bertz CT molecular complexity index is 766. The first kappa shape index (κ1) is 16.1. The summed E-state index contributed by atoms with van der Waals surface area (Å²) in [6.07, 6.45) is 1.58. The van der Waals surface area contributed by atoms with Gasteiger partial charge in [-0.2, -0.15) is 5.26 Å². The van der Waals surface area contributed by atoms with E-state index < -0.39 is 5.82 Å². The Morgan fingerprint density at radius 2 is 1.86 bits per heavy atom. The lowest BCUT2D eigenvalue weighted by molar-refractivity contribution is 0.392. The van der Waals surface area contributed by atoms with E-state index in [1.807, 2.05) is 6.07 Å². The first-order chi connectivity index (χ1) is 10.6. The highest BCUT2D eigenvalue weighted by Gasteiger charge is 2.11. The summed E-state index contributed by atoms with van der Waals surface area (Å²) in [5.74, 6) is 0.699. The summed E-state index contributed by atoms with van der Waals surface area (Å²) >= 11 is 3.39. The van der Waals surface area contributed by atoms with Crippen molar-refractivity contribution >= 4 is 27.6 Å². The second kappa shape index (κ2) is 7.10. The van der Waals surface area contributed by atoms with Gasteiger partial charge < -0.3 is 9.47 Å². The zero-order chi connectivity index (χ0) is 16.1. The van der Waals surface area contributed by atoms with Gasteiger partial charge in [-0.1, -0.05) is 18.2 Å². The van der Waals surface area contributed by atoms with Gasteiger partial charge in [0.05, 0.1) is 30.3 Å². The van der Waals surface area contributed by atoms with Gasteiger partial charge in [-0.15, -0.1) is 0 Å². The number of allylic oxidation sites excluding steroid dienone is 1. The summed E-state index contributed by atoms with van der Waals surface area (Å²) in [6.45, 7) is 0. The molecule has 0 bridgehead atoms. The van der Waals surface area contributed by atoms with Crippen LogP contribution >= 0.6 is 15.9 Å². The van der Waals surface area contributed by atoms with Crippen molar-refractivity contribution in [3.05, 3.63) is 57.8 Å².